The van der Waals surface area contributed by atoms with E-state index in [1.807, 2.05) is 6.07 Å². The molecule has 120 valence electrons. The van der Waals surface area contributed by atoms with Crippen LogP contribution in [0, 0.1) is 11.3 Å². The molecule has 2 heterocycles. The molecule has 3 rings (SSSR count). The van der Waals surface area contributed by atoms with Gasteiger partial charge < -0.3 is 14.1 Å². The minimum absolute atomic E-state index is 0.0288. The second kappa shape index (κ2) is 5.93. The molecule has 5 nitrogen and oxygen atoms in total. The van der Waals surface area contributed by atoms with E-state index in [0.717, 1.165) is 6.07 Å². The molecule has 0 spiro atoms. The number of aromatic nitrogens is 1. The van der Waals surface area contributed by atoms with Crippen LogP contribution in [0.4, 0.5) is 19.1 Å². The molecule has 0 atom stereocenters. The molecule has 2 aromatic rings. The molecule has 23 heavy (non-hydrogen) atoms. The third kappa shape index (κ3) is 3.00. The maximum absolute atomic E-state index is 13.1. The van der Waals surface area contributed by atoms with E-state index >= 15 is 0 Å². The summed E-state index contributed by atoms with van der Waals surface area (Å²) in [7, 11) is 0. The molecule has 0 saturated carbocycles. The smallest absolute Gasteiger partial charge is 0.417 e. The molecule has 1 aliphatic rings. The zero-order chi connectivity index (χ0) is 16.4. The van der Waals surface area contributed by atoms with Crippen LogP contribution in [-0.4, -0.2) is 31.3 Å². The molecule has 0 N–H and O–H groups in total. The number of benzene rings is 1. The number of ether oxygens (including phenoxy) is 1. The molecule has 0 aliphatic carbocycles. The zero-order valence-electron chi connectivity index (χ0n) is 11.9. The van der Waals surface area contributed by atoms with Crippen LogP contribution < -0.4 is 4.90 Å². The SMILES string of the molecule is N#Cc1nc(-c2ccccc2C(F)(F)F)oc1N1CCOCC1. The van der Waals surface area contributed by atoms with Gasteiger partial charge in [-0.2, -0.15) is 23.4 Å². The summed E-state index contributed by atoms with van der Waals surface area (Å²) in [6.07, 6.45) is -4.53. The van der Waals surface area contributed by atoms with Gasteiger partial charge in [0.15, 0.2) is 0 Å². The maximum atomic E-state index is 13.1. The highest BCUT2D eigenvalue weighted by Crippen LogP contribution is 2.38. The first-order valence-electron chi connectivity index (χ1n) is 6.91. The normalized spacial score (nSPS) is 15.5. The monoisotopic (exact) mass is 323 g/mol. The Balaban J connectivity index is 2.05. The van der Waals surface area contributed by atoms with Crippen molar-refractivity contribution in [3.05, 3.63) is 35.5 Å². The molecule has 1 aromatic carbocycles. The van der Waals surface area contributed by atoms with Crippen molar-refractivity contribution in [1.82, 2.24) is 4.98 Å². The minimum atomic E-state index is -4.53. The van der Waals surface area contributed by atoms with E-state index < -0.39 is 11.7 Å². The molecular weight excluding hydrogens is 311 g/mol. The van der Waals surface area contributed by atoms with Gasteiger partial charge in [0.05, 0.1) is 18.8 Å². The van der Waals surface area contributed by atoms with Crippen LogP contribution >= 0.6 is 0 Å². The van der Waals surface area contributed by atoms with Crippen LogP contribution in [-0.2, 0) is 10.9 Å². The van der Waals surface area contributed by atoms with Gasteiger partial charge in [-0.3, -0.25) is 0 Å². The van der Waals surface area contributed by atoms with Crippen molar-refractivity contribution in [1.29, 1.82) is 5.26 Å². The first kappa shape index (κ1) is 15.4. The number of morpholine rings is 1. The van der Waals surface area contributed by atoms with Gasteiger partial charge in [-0.25, -0.2) is 0 Å². The summed E-state index contributed by atoms with van der Waals surface area (Å²) in [6, 6.07) is 6.87. The van der Waals surface area contributed by atoms with E-state index in [4.69, 9.17) is 9.15 Å². The molecule has 1 aliphatic heterocycles. The van der Waals surface area contributed by atoms with Gasteiger partial charge in [-0.05, 0) is 12.1 Å². The fraction of sp³-hybridized carbons (Fsp3) is 0.333. The molecule has 8 heteroatoms. The maximum Gasteiger partial charge on any atom is 0.417 e. The summed E-state index contributed by atoms with van der Waals surface area (Å²) in [6.45, 7) is 1.90. The second-order valence-corrected chi connectivity index (χ2v) is 4.93. The number of hydrogen-bond acceptors (Lipinski definition) is 5. The molecule has 0 bridgehead atoms. The number of nitrogens with zero attached hydrogens (tertiary/aromatic N) is 3. The average Bonchev–Trinajstić information content (AvgIpc) is 2.99. The lowest BCUT2D eigenvalue weighted by Gasteiger charge is -2.26. The number of hydrogen-bond donors (Lipinski definition) is 0. The Kier molecular flexibility index (Phi) is 3.96. The number of halogens is 3. The van der Waals surface area contributed by atoms with Gasteiger partial charge in [0.1, 0.15) is 6.07 Å². The average molecular weight is 323 g/mol. The molecule has 1 aromatic heterocycles. The first-order valence-corrected chi connectivity index (χ1v) is 6.91. The van der Waals surface area contributed by atoms with Crippen LogP contribution in [0.5, 0.6) is 0 Å². The van der Waals surface area contributed by atoms with Crippen LogP contribution in [0.25, 0.3) is 11.5 Å². The van der Waals surface area contributed by atoms with E-state index in [2.05, 4.69) is 4.98 Å². The van der Waals surface area contributed by atoms with Crippen molar-refractivity contribution in [2.24, 2.45) is 0 Å². The van der Waals surface area contributed by atoms with Crippen molar-refractivity contribution >= 4 is 5.88 Å². The first-order chi connectivity index (χ1) is 11.0. The number of anilines is 1. The lowest BCUT2D eigenvalue weighted by Crippen LogP contribution is -2.36. The topological polar surface area (TPSA) is 62.3 Å². The van der Waals surface area contributed by atoms with Crippen LogP contribution in [0.1, 0.15) is 11.3 Å². The van der Waals surface area contributed by atoms with Crippen molar-refractivity contribution < 1.29 is 22.3 Å². The second-order valence-electron chi connectivity index (χ2n) is 4.93. The van der Waals surface area contributed by atoms with Crippen LogP contribution in [0.3, 0.4) is 0 Å². The Bertz CT molecular complexity index is 743. The lowest BCUT2D eigenvalue weighted by atomic mass is 10.1. The van der Waals surface area contributed by atoms with Gasteiger partial charge in [0, 0.05) is 18.7 Å². The highest BCUT2D eigenvalue weighted by Gasteiger charge is 2.35. The van der Waals surface area contributed by atoms with Gasteiger partial charge in [-0.15, -0.1) is 0 Å². The molecule has 0 radical (unpaired) electrons. The summed E-state index contributed by atoms with van der Waals surface area (Å²) in [4.78, 5) is 5.68. The summed E-state index contributed by atoms with van der Waals surface area (Å²) < 4.78 is 50.1. The summed E-state index contributed by atoms with van der Waals surface area (Å²) in [5, 5.41) is 9.19. The minimum Gasteiger partial charge on any atom is -0.419 e. The molecule has 1 fully saturated rings. The fourth-order valence-electron chi connectivity index (χ4n) is 2.40. The largest absolute Gasteiger partial charge is 0.419 e. The fourth-order valence-corrected chi connectivity index (χ4v) is 2.40. The summed E-state index contributed by atoms with van der Waals surface area (Å²) in [5.41, 5.74) is -1.06. The lowest BCUT2D eigenvalue weighted by molar-refractivity contribution is -0.137. The highest BCUT2D eigenvalue weighted by atomic mass is 19.4. The van der Waals surface area contributed by atoms with E-state index in [1.54, 1.807) is 4.90 Å². The van der Waals surface area contributed by atoms with Crippen molar-refractivity contribution in [2.75, 3.05) is 31.2 Å². The van der Waals surface area contributed by atoms with Gasteiger partial charge >= 0.3 is 6.18 Å². The third-order valence-electron chi connectivity index (χ3n) is 3.48. The van der Waals surface area contributed by atoms with Crippen molar-refractivity contribution in [3.8, 4) is 17.5 Å². The predicted octanol–water partition coefficient (Wildman–Crippen LogP) is 3.07. The standard InChI is InChI=1S/C15H12F3N3O2/c16-15(17,18)11-4-2-1-3-10(11)13-20-12(9-19)14(23-13)21-5-7-22-8-6-21/h1-4H,5-8H2. The van der Waals surface area contributed by atoms with E-state index in [-0.39, 0.29) is 23.0 Å². The summed E-state index contributed by atoms with van der Waals surface area (Å²) in [5.74, 6) is -0.0289. The van der Waals surface area contributed by atoms with Crippen molar-refractivity contribution in [2.45, 2.75) is 6.18 Å². The van der Waals surface area contributed by atoms with Crippen molar-refractivity contribution in [3.63, 3.8) is 0 Å². The number of nitriles is 1. The molecule has 1 saturated heterocycles. The van der Waals surface area contributed by atoms with Crippen LogP contribution in [0.2, 0.25) is 0 Å². The zero-order valence-corrected chi connectivity index (χ0v) is 11.9. The predicted molar refractivity (Wildman–Crippen MR) is 74.7 cm³/mol. The van der Waals surface area contributed by atoms with E-state index in [9.17, 15) is 18.4 Å². The number of oxazole rings is 1. The molecule has 0 unspecified atom stereocenters. The highest BCUT2D eigenvalue weighted by molar-refractivity contribution is 5.63. The Morgan fingerprint density at radius 3 is 2.52 bits per heavy atom. The number of rotatable bonds is 2. The van der Waals surface area contributed by atoms with E-state index in [1.165, 1.54) is 18.2 Å². The quantitative estimate of drug-likeness (QED) is 0.850. The number of alkyl halides is 3. The molecular formula is C15H12F3N3O2. The Labute approximate surface area is 129 Å². The Hall–Kier alpha value is -2.53. The van der Waals surface area contributed by atoms with Crippen LogP contribution in [0.15, 0.2) is 28.7 Å². The molecule has 0 amide bonds. The summed E-state index contributed by atoms with van der Waals surface area (Å²) >= 11 is 0. The van der Waals surface area contributed by atoms with E-state index in [0.29, 0.717) is 26.3 Å². The third-order valence-corrected chi connectivity index (χ3v) is 3.48. The van der Waals surface area contributed by atoms with Gasteiger partial charge in [-0.1, -0.05) is 12.1 Å². The Morgan fingerprint density at radius 1 is 1.17 bits per heavy atom. The van der Waals surface area contributed by atoms with Gasteiger partial charge in [0.25, 0.3) is 0 Å². The van der Waals surface area contributed by atoms with Gasteiger partial charge in [0.2, 0.25) is 17.5 Å². The Morgan fingerprint density at radius 2 is 1.87 bits per heavy atom.